The van der Waals surface area contributed by atoms with E-state index in [2.05, 4.69) is 46.9 Å². The lowest BCUT2D eigenvalue weighted by atomic mass is 9.91. The highest BCUT2D eigenvalue weighted by atomic mass is 32.2. The van der Waals surface area contributed by atoms with Crippen LogP contribution >= 0.6 is 23.1 Å². The van der Waals surface area contributed by atoms with Crippen molar-refractivity contribution in [3.63, 3.8) is 0 Å². The number of hydrogen-bond acceptors (Lipinski definition) is 7. The smallest absolute Gasteiger partial charge is 0.349 e. The van der Waals surface area contributed by atoms with Gasteiger partial charge < -0.3 is 14.6 Å². The maximum Gasteiger partial charge on any atom is 0.349 e. The fraction of sp³-hybridized carbons (Fsp3) is 0.480. The van der Waals surface area contributed by atoms with Crippen LogP contribution in [0, 0.1) is 20.8 Å². The third-order valence-corrected chi connectivity index (χ3v) is 8.67. The minimum Gasteiger partial charge on any atom is -0.457 e. The summed E-state index contributed by atoms with van der Waals surface area (Å²) in [6, 6.07) is 6.57. The summed E-state index contributed by atoms with van der Waals surface area (Å²) < 4.78 is 5.95. The number of benzene rings is 1. The third kappa shape index (κ3) is 5.18. The standard InChI is InChI=1S/C25H31N3O3S2/c1-14-10-11-15(2)19(12-14)32-13-20-26-23(29)21-16(3)22(33-24(21)27-20)25(30)31-18-9-7-6-8-17(18)28(4)5/h10-12,17-18H,6-9,13H2,1-5H3,(H,26,27,29)/t17-,18-/m1/s1. The van der Waals surface area contributed by atoms with E-state index in [4.69, 9.17) is 4.74 Å². The molecule has 8 heteroatoms. The molecular weight excluding hydrogens is 454 g/mol. The van der Waals surface area contributed by atoms with Gasteiger partial charge in [0.2, 0.25) is 0 Å². The van der Waals surface area contributed by atoms with E-state index in [1.165, 1.54) is 27.4 Å². The van der Waals surface area contributed by atoms with Crippen LogP contribution in [0.15, 0.2) is 27.9 Å². The number of fused-ring (bicyclic) bond motifs is 1. The Hall–Kier alpha value is -2.16. The molecule has 33 heavy (non-hydrogen) atoms. The van der Waals surface area contributed by atoms with E-state index in [0.717, 1.165) is 25.7 Å². The second-order valence-corrected chi connectivity index (χ2v) is 11.1. The molecule has 2 aromatic heterocycles. The highest BCUT2D eigenvalue weighted by molar-refractivity contribution is 7.98. The van der Waals surface area contributed by atoms with Gasteiger partial charge in [-0.2, -0.15) is 0 Å². The second kappa shape index (κ2) is 9.99. The summed E-state index contributed by atoms with van der Waals surface area (Å²) in [4.78, 5) is 37.9. The molecule has 0 radical (unpaired) electrons. The Morgan fingerprint density at radius 2 is 2.00 bits per heavy atom. The van der Waals surface area contributed by atoms with E-state index >= 15 is 0 Å². The molecule has 0 unspecified atom stereocenters. The molecule has 6 nitrogen and oxygen atoms in total. The summed E-state index contributed by atoms with van der Waals surface area (Å²) in [6.45, 7) is 5.95. The molecule has 1 N–H and O–H groups in total. The molecule has 0 bridgehead atoms. The van der Waals surface area contributed by atoms with Crippen molar-refractivity contribution in [2.24, 2.45) is 0 Å². The topological polar surface area (TPSA) is 75.3 Å². The Labute approximate surface area is 202 Å². The number of thioether (sulfide) groups is 1. The number of aromatic amines is 1. The van der Waals surface area contributed by atoms with Gasteiger partial charge >= 0.3 is 5.97 Å². The number of rotatable bonds is 6. The number of carbonyl (C=O) groups is 1. The quantitative estimate of drug-likeness (QED) is 0.381. The van der Waals surface area contributed by atoms with Crippen LogP contribution in [0.1, 0.15) is 57.9 Å². The van der Waals surface area contributed by atoms with Crippen LogP contribution in [-0.4, -0.2) is 47.1 Å². The average molecular weight is 486 g/mol. The Kier molecular flexibility index (Phi) is 7.26. The molecule has 2 atom stereocenters. The van der Waals surface area contributed by atoms with E-state index in [-0.39, 0.29) is 23.7 Å². The zero-order valence-corrected chi connectivity index (χ0v) is 21.5. The summed E-state index contributed by atoms with van der Waals surface area (Å²) in [5.41, 5.74) is 2.85. The number of H-pyrrole nitrogens is 1. The summed E-state index contributed by atoms with van der Waals surface area (Å²) >= 11 is 2.91. The van der Waals surface area contributed by atoms with E-state index in [0.29, 0.717) is 32.2 Å². The Morgan fingerprint density at radius 1 is 1.24 bits per heavy atom. The molecular formula is C25H31N3O3S2. The molecule has 3 aromatic rings. The zero-order valence-electron chi connectivity index (χ0n) is 19.9. The first kappa shape index (κ1) is 24.0. The highest BCUT2D eigenvalue weighted by Crippen LogP contribution is 2.31. The molecule has 1 aliphatic carbocycles. The first-order valence-electron chi connectivity index (χ1n) is 11.3. The highest BCUT2D eigenvalue weighted by Gasteiger charge is 2.31. The van der Waals surface area contributed by atoms with Crippen molar-refractivity contribution in [1.82, 2.24) is 14.9 Å². The molecule has 1 aliphatic rings. The van der Waals surface area contributed by atoms with E-state index < -0.39 is 0 Å². The molecule has 1 fully saturated rings. The molecule has 2 heterocycles. The summed E-state index contributed by atoms with van der Waals surface area (Å²) in [7, 11) is 4.06. The number of thiophene rings is 1. The van der Waals surface area contributed by atoms with Crippen LogP contribution < -0.4 is 5.56 Å². The predicted molar refractivity (Wildman–Crippen MR) is 136 cm³/mol. The van der Waals surface area contributed by atoms with E-state index in [1.54, 1.807) is 18.7 Å². The van der Waals surface area contributed by atoms with Gasteiger partial charge in [0, 0.05) is 10.9 Å². The summed E-state index contributed by atoms with van der Waals surface area (Å²) in [5, 5.41) is 0.486. The maximum absolute atomic E-state index is 13.1. The van der Waals surface area contributed by atoms with Gasteiger partial charge in [-0.15, -0.1) is 23.1 Å². The number of hydrogen-bond donors (Lipinski definition) is 1. The molecule has 1 saturated carbocycles. The van der Waals surface area contributed by atoms with Gasteiger partial charge in [0.1, 0.15) is 21.6 Å². The van der Waals surface area contributed by atoms with Gasteiger partial charge in [0.15, 0.2) is 0 Å². The van der Waals surface area contributed by atoms with E-state index in [9.17, 15) is 9.59 Å². The molecule has 0 spiro atoms. The number of nitrogens with zero attached hydrogens (tertiary/aromatic N) is 2. The molecule has 176 valence electrons. The number of nitrogens with one attached hydrogen (secondary N) is 1. The van der Waals surface area contributed by atoms with Gasteiger partial charge in [-0.25, -0.2) is 9.78 Å². The maximum atomic E-state index is 13.1. The number of ether oxygens (including phenoxy) is 1. The lowest BCUT2D eigenvalue weighted by Crippen LogP contribution is -2.43. The SMILES string of the molecule is Cc1ccc(C)c(SCc2nc3sc(C(=O)O[C@@H]4CCCC[C@H]4N(C)C)c(C)c3c(=O)[nH]2)c1. The zero-order chi connectivity index (χ0) is 23.7. The van der Waals surface area contributed by atoms with Gasteiger partial charge in [-0.1, -0.05) is 24.1 Å². The third-order valence-electron chi connectivity index (χ3n) is 6.33. The largest absolute Gasteiger partial charge is 0.457 e. The van der Waals surface area contributed by atoms with Crippen molar-refractivity contribution >= 4 is 39.3 Å². The van der Waals surface area contributed by atoms with Crippen molar-refractivity contribution < 1.29 is 9.53 Å². The van der Waals surface area contributed by atoms with Crippen LogP contribution in [0.5, 0.6) is 0 Å². The second-order valence-electron chi connectivity index (χ2n) is 9.07. The van der Waals surface area contributed by atoms with E-state index in [1.807, 2.05) is 14.1 Å². The minimum absolute atomic E-state index is 0.123. The first-order chi connectivity index (χ1) is 15.7. The van der Waals surface area contributed by atoms with Gasteiger partial charge in [-0.05, 0) is 71.3 Å². The van der Waals surface area contributed by atoms with Crippen LogP contribution in [0.25, 0.3) is 10.2 Å². The predicted octanol–water partition coefficient (Wildman–Crippen LogP) is 5.23. The number of aryl methyl sites for hydroxylation is 3. The lowest BCUT2D eigenvalue weighted by molar-refractivity contribution is -0.00676. The average Bonchev–Trinajstić information content (AvgIpc) is 3.11. The van der Waals surface area contributed by atoms with Crippen molar-refractivity contribution in [1.29, 1.82) is 0 Å². The minimum atomic E-state index is -0.347. The molecule has 4 rings (SSSR count). The van der Waals surface area contributed by atoms with Gasteiger partial charge in [0.25, 0.3) is 5.56 Å². The van der Waals surface area contributed by atoms with Crippen molar-refractivity contribution in [3.8, 4) is 0 Å². The normalized spacial score (nSPS) is 18.7. The molecule has 0 amide bonds. The van der Waals surface area contributed by atoms with Crippen LogP contribution in [0.2, 0.25) is 0 Å². The van der Waals surface area contributed by atoms with Gasteiger partial charge in [0.05, 0.1) is 11.1 Å². The fourth-order valence-electron chi connectivity index (χ4n) is 4.46. The molecule has 0 aliphatic heterocycles. The number of carbonyl (C=O) groups excluding carboxylic acids is 1. The number of aromatic nitrogens is 2. The fourth-order valence-corrected chi connectivity index (χ4v) is 6.53. The lowest BCUT2D eigenvalue weighted by Gasteiger charge is -2.35. The monoisotopic (exact) mass is 485 g/mol. The summed E-state index contributed by atoms with van der Waals surface area (Å²) in [5.74, 6) is 0.818. The molecule has 1 aromatic carbocycles. The van der Waals surface area contributed by atoms with Crippen LogP contribution in [-0.2, 0) is 10.5 Å². The Morgan fingerprint density at radius 3 is 2.76 bits per heavy atom. The number of esters is 1. The van der Waals surface area contributed by atoms with Gasteiger partial charge in [-0.3, -0.25) is 4.79 Å². The van der Waals surface area contributed by atoms with Crippen molar-refractivity contribution in [3.05, 3.63) is 55.9 Å². The van der Waals surface area contributed by atoms with Crippen molar-refractivity contribution in [2.45, 2.75) is 69.2 Å². The first-order valence-corrected chi connectivity index (χ1v) is 13.1. The summed E-state index contributed by atoms with van der Waals surface area (Å²) in [6.07, 6.45) is 4.00. The Balaban J connectivity index is 1.56. The van der Waals surface area contributed by atoms with Crippen molar-refractivity contribution in [2.75, 3.05) is 14.1 Å². The van der Waals surface area contributed by atoms with Crippen LogP contribution in [0.4, 0.5) is 0 Å². The van der Waals surface area contributed by atoms with Crippen LogP contribution in [0.3, 0.4) is 0 Å². The number of likely N-dealkylation sites (N-methyl/N-ethyl adjacent to an activating group) is 1. The molecule has 0 saturated heterocycles. The Bertz CT molecular complexity index is 1230.